The minimum atomic E-state index is -1.50. The van der Waals surface area contributed by atoms with Crippen LogP contribution in [0.4, 0.5) is 0 Å². The zero-order valence-corrected chi connectivity index (χ0v) is 21.3. The lowest BCUT2D eigenvalue weighted by atomic mass is 10.0. The molecule has 4 amide bonds. The molecule has 38 heavy (non-hydrogen) atoms. The summed E-state index contributed by atoms with van der Waals surface area (Å²) in [7, 11) is 0. The number of unbranched alkanes of at least 4 members (excludes halogenated alkanes) is 1. The first kappa shape index (κ1) is 28.4. The molecule has 2 aromatic carbocycles. The number of hydrogen-bond acceptors (Lipinski definition) is 5. The van der Waals surface area contributed by atoms with Gasteiger partial charge >= 0.3 is 0 Å². The zero-order chi connectivity index (χ0) is 27.5. The number of carbonyl (C=O) groups is 4. The Morgan fingerprint density at radius 1 is 1.00 bits per heavy atom. The second-order valence-corrected chi connectivity index (χ2v) is 9.08. The first-order valence-corrected chi connectivity index (χ1v) is 12.6. The van der Waals surface area contributed by atoms with Crippen LogP contribution >= 0.6 is 0 Å². The number of aromatic amines is 1. The molecule has 10 heteroatoms. The van der Waals surface area contributed by atoms with Gasteiger partial charge in [-0.2, -0.15) is 0 Å². The van der Waals surface area contributed by atoms with Crippen molar-refractivity contribution in [2.45, 2.75) is 57.3 Å². The van der Waals surface area contributed by atoms with E-state index in [0.717, 1.165) is 28.5 Å². The highest BCUT2D eigenvalue weighted by Gasteiger charge is 2.31. The minimum absolute atomic E-state index is 0.102. The van der Waals surface area contributed by atoms with Crippen LogP contribution in [0, 0.1) is 6.42 Å². The van der Waals surface area contributed by atoms with Crippen LogP contribution in [0.25, 0.3) is 10.9 Å². The maximum Gasteiger partial charge on any atom is 0.251 e. The first-order valence-electron chi connectivity index (χ1n) is 12.6. The highest BCUT2D eigenvalue weighted by Crippen LogP contribution is 2.19. The molecule has 3 rings (SSSR count). The highest BCUT2D eigenvalue weighted by atomic mass is 16.3. The number of H-pyrrole nitrogens is 1. The Labute approximate surface area is 221 Å². The minimum Gasteiger partial charge on any atom is -0.381 e. The summed E-state index contributed by atoms with van der Waals surface area (Å²) in [5, 5.41) is 19.7. The van der Waals surface area contributed by atoms with Crippen molar-refractivity contribution in [1.29, 1.82) is 0 Å². The van der Waals surface area contributed by atoms with Crippen molar-refractivity contribution < 1.29 is 24.3 Å². The van der Waals surface area contributed by atoms with Gasteiger partial charge in [-0.25, -0.2) is 0 Å². The van der Waals surface area contributed by atoms with Crippen molar-refractivity contribution in [2.24, 2.45) is 5.73 Å². The summed E-state index contributed by atoms with van der Waals surface area (Å²) in [6, 6.07) is 14.8. The van der Waals surface area contributed by atoms with Crippen LogP contribution in [0.1, 0.15) is 37.3 Å². The first-order chi connectivity index (χ1) is 18.3. The van der Waals surface area contributed by atoms with E-state index < -0.39 is 41.8 Å². The van der Waals surface area contributed by atoms with Gasteiger partial charge in [0.15, 0.2) is 6.10 Å². The molecule has 1 aromatic heterocycles. The molecule has 1 radical (unpaired) electrons. The third-order valence-corrected chi connectivity index (χ3v) is 6.16. The molecule has 7 N–H and O–H groups in total. The number of rotatable bonds is 14. The van der Waals surface area contributed by atoms with E-state index in [9.17, 15) is 24.3 Å². The monoisotopic (exact) mass is 520 g/mol. The van der Waals surface area contributed by atoms with Gasteiger partial charge in [-0.3, -0.25) is 19.2 Å². The lowest BCUT2D eigenvalue weighted by Gasteiger charge is -2.26. The fourth-order valence-electron chi connectivity index (χ4n) is 4.16. The fourth-order valence-corrected chi connectivity index (χ4v) is 4.16. The van der Waals surface area contributed by atoms with Crippen LogP contribution in [0.5, 0.6) is 0 Å². The number of aliphatic hydroxyl groups is 1. The number of para-hydroxylation sites is 1. The van der Waals surface area contributed by atoms with Crippen molar-refractivity contribution in [1.82, 2.24) is 20.9 Å². The van der Waals surface area contributed by atoms with E-state index in [0.29, 0.717) is 19.3 Å². The molecule has 0 fully saturated rings. The molecule has 0 saturated carbocycles. The van der Waals surface area contributed by atoms with E-state index in [1.807, 2.05) is 61.5 Å². The van der Waals surface area contributed by atoms with Gasteiger partial charge in [0, 0.05) is 30.1 Å². The van der Waals surface area contributed by atoms with Crippen molar-refractivity contribution in [3.63, 3.8) is 0 Å². The van der Waals surface area contributed by atoms with Crippen LogP contribution in [0.2, 0.25) is 0 Å². The van der Waals surface area contributed by atoms with Crippen LogP contribution in [0.3, 0.4) is 0 Å². The third-order valence-electron chi connectivity index (χ3n) is 6.16. The van der Waals surface area contributed by atoms with Gasteiger partial charge in [-0.05, 0) is 23.6 Å². The molecule has 201 valence electrons. The molecule has 0 spiro atoms. The third kappa shape index (κ3) is 8.17. The molecule has 0 saturated heterocycles. The number of primary amides is 1. The van der Waals surface area contributed by atoms with Gasteiger partial charge in [0.05, 0.1) is 6.04 Å². The van der Waals surface area contributed by atoms with Crippen LogP contribution in [0.15, 0.2) is 60.8 Å². The maximum atomic E-state index is 13.4. The molecule has 0 aliphatic carbocycles. The van der Waals surface area contributed by atoms with Crippen molar-refractivity contribution in [3.8, 4) is 0 Å². The normalized spacial score (nSPS) is 13.3. The fraction of sp³-hybridized carbons (Fsp3) is 0.321. The summed E-state index contributed by atoms with van der Waals surface area (Å²) in [6.45, 7) is 2.19. The molecule has 1 heterocycles. The lowest BCUT2D eigenvalue weighted by molar-refractivity contribution is -0.134. The second kappa shape index (κ2) is 13.9. The quantitative estimate of drug-likeness (QED) is 0.176. The van der Waals surface area contributed by atoms with Gasteiger partial charge in [0.2, 0.25) is 17.7 Å². The number of benzene rings is 2. The molecule has 3 atom stereocenters. The highest BCUT2D eigenvalue weighted by molar-refractivity contribution is 6.08. The Bertz CT molecular complexity index is 1240. The molecular formula is C28H34N5O5. The predicted octanol–water partition coefficient (Wildman–Crippen LogP) is 1.24. The molecular weight excluding hydrogens is 486 g/mol. The Morgan fingerprint density at radius 2 is 1.71 bits per heavy atom. The van der Waals surface area contributed by atoms with Gasteiger partial charge in [0.25, 0.3) is 5.91 Å². The standard InChI is InChI=1S/C28H34N5O5/c1-2-3-12-22(26(36)28(38)31-16-18-9-5-4-6-10-18)33-27(37)23(32-25(35)15-24(29)34)14-19-17-30-21-13-8-7-11-20(19)21/h4-11,13,15,17,22-23,26,30,36H,2-3,12,14,16H2,1H3,(H2,29,34)(H,31,38)(H,32,35)(H,33,37)/t22-,23-,26-/m0/s1. The summed E-state index contributed by atoms with van der Waals surface area (Å²) < 4.78 is 0. The van der Waals surface area contributed by atoms with Gasteiger partial charge in [-0.15, -0.1) is 0 Å². The van der Waals surface area contributed by atoms with Crippen molar-refractivity contribution in [3.05, 3.63) is 78.3 Å². The average Bonchev–Trinajstić information content (AvgIpc) is 3.31. The molecule has 3 aromatic rings. The number of nitrogens with two attached hydrogens (primary N) is 1. The Balaban J connectivity index is 1.75. The number of carbonyl (C=O) groups excluding carboxylic acids is 4. The molecule has 0 aliphatic heterocycles. The summed E-state index contributed by atoms with van der Waals surface area (Å²) in [6.07, 6.45) is 2.80. The average molecular weight is 521 g/mol. The largest absolute Gasteiger partial charge is 0.381 e. The van der Waals surface area contributed by atoms with Gasteiger partial charge < -0.3 is 31.8 Å². The summed E-state index contributed by atoms with van der Waals surface area (Å²) >= 11 is 0. The number of fused-ring (bicyclic) bond motifs is 1. The Hall–Kier alpha value is -4.18. The summed E-state index contributed by atoms with van der Waals surface area (Å²) in [5.41, 5.74) is 7.60. The van der Waals surface area contributed by atoms with Crippen LogP contribution in [-0.2, 0) is 32.1 Å². The Morgan fingerprint density at radius 3 is 2.42 bits per heavy atom. The van der Waals surface area contributed by atoms with Crippen molar-refractivity contribution >= 4 is 34.5 Å². The number of aromatic nitrogens is 1. The van der Waals surface area contributed by atoms with E-state index in [2.05, 4.69) is 20.9 Å². The van der Waals surface area contributed by atoms with Crippen LogP contribution in [-0.4, -0.2) is 51.9 Å². The SMILES string of the molecule is CCCC[C@H](NC(=O)[C@H](Cc1c[nH]c2ccccc12)NC(=O)[CH]C(N)=O)[C@H](O)C(=O)NCc1ccccc1. The number of hydrogen-bond donors (Lipinski definition) is 6. The maximum absolute atomic E-state index is 13.4. The molecule has 10 nitrogen and oxygen atoms in total. The smallest absolute Gasteiger partial charge is 0.251 e. The van der Waals surface area contributed by atoms with E-state index in [1.165, 1.54) is 0 Å². The van der Waals surface area contributed by atoms with E-state index in [4.69, 9.17) is 5.73 Å². The van der Waals surface area contributed by atoms with Crippen molar-refractivity contribution in [2.75, 3.05) is 0 Å². The number of nitrogens with one attached hydrogen (secondary N) is 4. The molecule has 0 aliphatic rings. The summed E-state index contributed by atoms with van der Waals surface area (Å²) in [5.74, 6) is -2.98. The van der Waals surface area contributed by atoms with Crippen LogP contribution < -0.4 is 21.7 Å². The lowest BCUT2D eigenvalue weighted by Crippen LogP contribution is -2.56. The van der Waals surface area contributed by atoms with Gasteiger partial charge in [0.1, 0.15) is 12.5 Å². The zero-order valence-electron chi connectivity index (χ0n) is 21.3. The number of amides is 4. The molecule has 0 bridgehead atoms. The summed E-state index contributed by atoms with van der Waals surface area (Å²) in [4.78, 5) is 52.8. The van der Waals surface area contributed by atoms with E-state index in [-0.39, 0.29) is 13.0 Å². The topological polar surface area (TPSA) is 166 Å². The predicted molar refractivity (Wildman–Crippen MR) is 143 cm³/mol. The van der Waals surface area contributed by atoms with E-state index >= 15 is 0 Å². The van der Waals surface area contributed by atoms with Gasteiger partial charge in [-0.1, -0.05) is 68.3 Å². The Kier molecular flexibility index (Phi) is 10.4. The molecule has 0 unspecified atom stereocenters. The van der Waals surface area contributed by atoms with E-state index in [1.54, 1.807) is 6.20 Å². The second-order valence-electron chi connectivity index (χ2n) is 9.08. The number of aliphatic hydroxyl groups excluding tert-OH is 1.